The van der Waals surface area contributed by atoms with Gasteiger partial charge in [-0.1, -0.05) is 41.9 Å². The third kappa shape index (κ3) is 4.22. The first kappa shape index (κ1) is 17.1. The molecule has 1 amide bonds. The smallest absolute Gasteiger partial charge is 0.247 e. The van der Waals surface area contributed by atoms with E-state index < -0.39 is 0 Å². The van der Waals surface area contributed by atoms with Gasteiger partial charge in [0.25, 0.3) is 0 Å². The Morgan fingerprint density at radius 2 is 1.84 bits per heavy atom. The van der Waals surface area contributed by atoms with E-state index in [4.69, 9.17) is 16.3 Å². The molecule has 0 aliphatic carbocycles. The molecule has 0 bridgehead atoms. The highest BCUT2D eigenvalue weighted by Gasteiger charge is 2.20. The number of benzene rings is 2. The predicted molar refractivity (Wildman–Crippen MR) is 100 cm³/mol. The van der Waals surface area contributed by atoms with Crippen molar-refractivity contribution in [2.45, 2.75) is 12.5 Å². The van der Waals surface area contributed by atoms with Gasteiger partial charge in [-0.3, -0.25) is 4.79 Å². The molecule has 0 saturated carbocycles. The van der Waals surface area contributed by atoms with Crippen LogP contribution in [0.25, 0.3) is 0 Å². The second-order valence-electron chi connectivity index (χ2n) is 5.67. The number of hydrogen-bond donors (Lipinski definition) is 1. The van der Waals surface area contributed by atoms with Crippen LogP contribution in [0.4, 0.5) is 5.69 Å². The number of nitrogens with one attached hydrogen (secondary N) is 1. The number of rotatable bonds is 6. The van der Waals surface area contributed by atoms with Crippen LogP contribution in [0.1, 0.15) is 11.6 Å². The van der Waals surface area contributed by atoms with Crippen LogP contribution in [0.3, 0.4) is 0 Å². The fraction of sp³-hybridized carbons (Fsp3) is 0.150. The summed E-state index contributed by atoms with van der Waals surface area (Å²) in [7, 11) is 1.56. The zero-order valence-corrected chi connectivity index (χ0v) is 14.6. The molecular weight excluding hydrogens is 336 g/mol. The largest absolute Gasteiger partial charge is 0.495 e. The normalized spacial score (nSPS) is 11.8. The van der Waals surface area contributed by atoms with E-state index in [0.29, 0.717) is 22.9 Å². The molecule has 128 valence electrons. The van der Waals surface area contributed by atoms with Crippen LogP contribution < -0.4 is 10.1 Å². The number of aromatic nitrogens is 1. The molecule has 0 unspecified atom stereocenters. The van der Waals surface area contributed by atoms with E-state index in [9.17, 15) is 4.79 Å². The monoisotopic (exact) mass is 354 g/mol. The van der Waals surface area contributed by atoms with Crippen molar-refractivity contribution >= 4 is 23.2 Å². The average Bonchev–Trinajstić information content (AvgIpc) is 3.15. The van der Waals surface area contributed by atoms with E-state index in [2.05, 4.69) is 5.32 Å². The molecule has 5 heteroatoms. The van der Waals surface area contributed by atoms with Gasteiger partial charge in [0.15, 0.2) is 0 Å². The molecule has 1 atom stereocenters. The van der Waals surface area contributed by atoms with Crippen molar-refractivity contribution in [1.29, 1.82) is 0 Å². The van der Waals surface area contributed by atoms with Crippen molar-refractivity contribution in [1.82, 2.24) is 4.57 Å². The van der Waals surface area contributed by atoms with Gasteiger partial charge in [-0.2, -0.15) is 0 Å². The van der Waals surface area contributed by atoms with Crippen molar-refractivity contribution in [2.75, 3.05) is 12.4 Å². The zero-order valence-electron chi connectivity index (χ0n) is 13.9. The molecule has 1 N–H and O–H groups in total. The molecule has 3 aromatic rings. The number of halogens is 1. The maximum atomic E-state index is 12.9. The van der Waals surface area contributed by atoms with Gasteiger partial charge in [0.2, 0.25) is 5.91 Å². The number of hydrogen-bond acceptors (Lipinski definition) is 2. The molecule has 0 radical (unpaired) electrons. The molecule has 0 aliphatic rings. The lowest BCUT2D eigenvalue weighted by atomic mass is 10.0. The zero-order chi connectivity index (χ0) is 17.6. The molecule has 0 aliphatic heterocycles. The van der Waals surface area contributed by atoms with Gasteiger partial charge in [-0.15, -0.1) is 0 Å². The van der Waals surface area contributed by atoms with Crippen LogP contribution in [0.15, 0.2) is 73.1 Å². The second kappa shape index (κ2) is 7.90. The first-order valence-electron chi connectivity index (χ1n) is 7.98. The van der Waals surface area contributed by atoms with Crippen LogP contribution in [0.2, 0.25) is 5.02 Å². The van der Waals surface area contributed by atoms with Gasteiger partial charge < -0.3 is 14.6 Å². The van der Waals surface area contributed by atoms with Gasteiger partial charge in [-0.25, -0.2) is 0 Å². The summed E-state index contributed by atoms with van der Waals surface area (Å²) in [4.78, 5) is 12.9. The number of nitrogens with zero attached hydrogens (tertiary/aromatic N) is 1. The fourth-order valence-electron chi connectivity index (χ4n) is 2.70. The van der Waals surface area contributed by atoms with Crippen LogP contribution in [-0.2, 0) is 11.2 Å². The molecule has 2 aromatic carbocycles. The molecule has 25 heavy (non-hydrogen) atoms. The summed E-state index contributed by atoms with van der Waals surface area (Å²) >= 11 is 6.14. The highest BCUT2D eigenvalue weighted by molar-refractivity contribution is 6.32. The standard InChI is InChI=1S/C20H19ClN2O2/c1-25-19-10-9-16(14-17(19)21)22-20(24)18(23-11-5-6-12-23)13-15-7-3-2-4-8-15/h2-12,14,18H,13H2,1H3,(H,22,24)/t18-/m1/s1. The average molecular weight is 355 g/mol. The third-order valence-electron chi connectivity index (χ3n) is 3.98. The Hall–Kier alpha value is -2.72. The van der Waals surface area contributed by atoms with Crippen LogP contribution in [0.5, 0.6) is 5.75 Å². The molecule has 1 heterocycles. The molecule has 0 saturated heterocycles. The highest BCUT2D eigenvalue weighted by atomic mass is 35.5. The number of anilines is 1. The Labute approximate surface area is 152 Å². The maximum Gasteiger partial charge on any atom is 0.247 e. The number of methoxy groups -OCH3 is 1. The van der Waals surface area contributed by atoms with E-state index in [1.54, 1.807) is 25.3 Å². The summed E-state index contributed by atoms with van der Waals surface area (Å²) in [5, 5.41) is 3.40. The molecule has 4 nitrogen and oxygen atoms in total. The topological polar surface area (TPSA) is 43.3 Å². The van der Waals surface area contributed by atoms with Crippen LogP contribution in [0, 0.1) is 0 Å². The van der Waals surface area contributed by atoms with Crippen molar-refractivity contribution in [3.05, 3.63) is 83.6 Å². The molecule has 0 spiro atoms. The predicted octanol–water partition coefficient (Wildman–Crippen LogP) is 4.57. The van der Waals surface area contributed by atoms with Gasteiger partial charge in [0.1, 0.15) is 11.8 Å². The van der Waals surface area contributed by atoms with E-state index >= 15 is 0 Å². The Balaban J connectivity index is 1.81. The lowest BCUT2D eigenvalue weighted by molar-refractivity contribution is -0.119. The minimum Gasteiger partial charge on any atom is -0.495 e. The summed E-state index contributed by atoms with van der Waals surface area (Å²) in [5.41, 5.74) is 1.74. The summed E-state index contributed by atoms with van der Waals surface area (Å²) in [6.45, 7) is 0. The maximum absolute atomic E-state index is 12.9. The Kier molecular flexibility index (Phi) is 5.41. The van der Waals surface area contributed by atoms with E-state index in [1.807, 2.05) is 59.4 Å². The Bertz CT molecular complexity index is 832. The number of carbonyl (C=O) groups excluding carboxylic acids is 1. The highest BCUT2D eigenvalue weighted by Crippen LogP contribution is 2.28. The lowest BCUT2D eigenvalue weighted by Gasteiger charge is -2.19. The first-order chi connectivity index (χ1) is 12.2. The van der Waals surface area contributed by atoms with Crippen LogP contribution in [-0.4, -0.2) is 17.6 Å². The number of amides is 1. The van der Waals surface area contributed by atoms with Gasteiger partial charge in [0, 0.05) is 24.5 Å². The van der Waals surface area contributed by atoms with E-state index in [-0.39, 0.29) is 11.9 Å². The summed E-state index contributed by atoms with van der Waals surface area (Å²) in [6.07, 6.45) is 4.40. The van der Waals surface area contributed by atoms with Crippen molar-refractivity contribution in [3.8, 4) is 5.75 Å². The minimum absolute atomic E-state index is 0.0960. The van der Waals surface area contributed by atoms with Crippen molar-refractivity contribution < 1.29 is 9.53 Å². The molecular formula is C20H19ClN2O2. The summed E-state index contributed by atoms with van der Waals surface area (Å²) in [6, 6.07) is 18.6. The summed E-state index contributed by atoms with van der Waals surface area (Å²) < 4.78 is 7.05. The van der Waals surface area contributed by atoms with Crippen LogP contribution >= 0.6 is 11.6 Å². The molecule has 0 fully saturated rings. The van der Waals surface area contributed by atoms with E-state index in [1.165, 1.54) is 0 Å². The number of carbonyl (C=O) groups is 1. The van der Waals surface area contributed by atoms with Crippen molar-refractivity contribution in [3.63, 3.8) is 0 Å². The Morgan fingerprint density at radius 3 is 2.48 bits per heavy atom. The second-order valence-corrected chi connectivity index (χ2v) is 6.08. The van der Waals surface area contributed by atoms with Gasteiger partial charge >= 0.3 is 0 Å². The lowest BCUT2D eigenvalue weighted by Crippen LogP contribution is -2.27. The Morgan fingerprint density at radius 1 is 1.12 bits per heavy atom. The molecule has 1 aromatic heterocycles. The fourth-order valence-corrected chi connectivity index (χ4v) is 2.95. The number of ether oxygens (including phenoxy) is 1. The first-order valence-corrected chi connectivity index (χ1v) is 8.36. The van der Waals surface area contributed by atoms with E-state index in [0.717, 1.165) is 5.56 Å². The third-order valence-corrected chi connectivity index (χ3v) is 4.28. The SMILES string of the molecule is COc1ccc(NC(=O)[C@@H](Cc2ccccc2)n2cccc2)cc1Cl. The van der Waals surface area contributed by atoms with Gasteiger partial charge in [-0.05, 0) is 35.9 Å². The minimum atomic E-state index is -0.349. The van der Waals surface area contributed by atoms with Gasteiger partial charge in [0.05, 0.1) is 12.1 Å². The summed E-state index contributed by atoms with van der Waals surface area (Å²) in [5.74, 6) is 0.479. The quantitative estimate of drug-likeness (QED) is 0.704. The molecule has 3 rings (SSSR count). The van der Waals surface area contributed by atoms with Crippen molar-refractivity contribution in [2.24, 2.45) is 0 Å².